The van der Waals surface area contributed by atoms with Crippen molar-refractivity contribution in [1.29, 1.82) is 0 Å². The number of likely N-dealkylation sites (N-methyl/N-ethyl adjacent to an activating group) is 1. The van der Waals surface area contributed by atoms with Crippen LogP contribution in [-0.2, 0) is 6.18 Å². The highest BCUT2D eigenvalue weighted by atomic mass is 19.4. The third-order valence-corrected chi connectivity index (χ3v) is 2.75. The molecule has 5 nitrogen and oxygen atoms in total. The number of hydrogen-bond acceptors (Lipinski definition) is 3. The second kappa shape index (κ2) is 5.67. The Morgan fingerprint density at radius 2 is 1.95 bits per heavy atom. The maximum atomic E-state index is 13.2. The van der Waals surface area contributed by atoms with E-state index in [1.165, 1.54) is 20.9 Å². The van der Waals surface area contributed by atoms with E-state index in [-0.39, 0.29) is 6.54 Å². The van der Waals surface area contributed by atoms with Crippen molar-refractivity contribution in [2.45, 2.75) is 45.5 Å². The summed E-state index contributed by atoms with van der Waals surface area (Å²) < 4.78 is 40.3. The molecule has 0 radical (unpaired) electrons. The highest BCUT2D eigenvalue weighted by molar-refractivity contribution is 5.95. The second-order valence-electron chi connectivity index (χ2n) is 5.92. The number of hydrogen-bond donors (Lipinski definition) is 1. The van der Waals surface area contributed by atoms with Crippen molar-refractivity contribution in [3.8, 4) is 0 Å². The van der Waals surface area contributed by atoms with Gasteiger partial charge in [0.2, 0.25) is 0 Å². The topological polar surface area (TPSA) is 58.4 Å². The summed E-state index contributed by atoms with van der Waals surface area (Å²) in [6.07, 6.45) is -3.76. The van der Waals surface area contributed by atoms with Gasteiger partial charge in [0, 0.05) is 19.6 Å². The number of carbonyl (C=O) groups is 1. The molecule has 0 bridgehead atoms. The molecular formula is C13H20F3N3O2. The van der Waals surface area contributed by atoms with Gasteiger partial charge in [0.1, 0.15) is 0 Å². The Morgan fingerprint density at radius 1 is 1.43 bits per heavy atom. The average Bonchev–Trinajstić information content (AvgIpc) is 2.69. The molecule has 1 rings (SSSR count). The molecule has 120 valence electrons. The van der Waals surface area contributed by atoms with Gasteiger partial charge in [0.05, 0.1) is 17.4 Å². The lowest BCUT2D eigenvalue weighted by Crippen LogP contribution is -2.40. The van der Waals surface area contributed by atoms with Gasteiger partial charge in [-0.1, -0.05) is 0 Å². The van der Waals surface area contributed by atoms with Crippen LogP contribution in [0, 0.1) is 0 Å². The van der Waals surface area contributed by atoms with E-state index < -0.39 is 35.0 Å². The van der Waals surface area contributed by atoms with Crippen molar-refractivity contribution in [3.63, 3.8) is 0 Å². The van der Waals surface area contributed by atoms with Gasteiger partial charge in [-0.25, -0.2) is 0 Å². The largest absolute Gasteiger partial charge is 0.433 e. The van der Waals surface area contributed by atoms with Crippen LogP contribution in [0.3, 0.4) is 0 Å². The van der Waals surface area contributed by atoms with Crippen LogP contribution in [0.5, 0.6) is 0 Å². The molecule has 0 aliphatic carbocycles. The van der Waals surface area contributed by atoms with Crippen LogP contribution in [0.25, 0.3) is 0 Å². The van der Waals surface area contributed by atoms with Gasteiger partial charge in [0.15, 0.2) is 5.69 Å². The molecule has 0 atom stereocenters. The monoisotopic (exact) mass is 307 g/mol. The minimum Gasteiger partial charge on any atom is -0.389 e. The molecule has 0 unspecified atom stereocenters. The summed E-state index contributed by atoms with van der Waals surface area (Å²) in [5.41, 5.74) is -2.77. The number of alkyl halides is 3. The number of rotatable bonds is 4. The van der Waals surface area contributed by atoms with E-state index in [1.54, 1.807) is 13.8 Å². The van der Waals surface area contributed by atoms with E-state index in [2.05, 4.69) is 5.10 Å². The van der Waals surface area contributed by atoms with E-state index in [1.807, 2.05) is 0 Å². The van der Waals surface area contributed by atoms with Crippen molar-refractivity contribution >= 4 is 5.91 Å². The Kier molecular flexibility index (Phi) is 4.72. The summed E-state index contributed by atoms with van der Waals surface area (Å²) in [6.45, 7) is 5.96. The zero-order valence-electron chi connectivity index (χ0n) is 12.7. The SMILES string of the molecule is CC(C)n1ncc(C(=O)N(C)CC(C)(C)O)c1C(F)(F)F. The van der Waals surface area contributed by atoms with E-state index >= 15 is 0 Å². The molecule has 0 spiro atoms. The van der Waals surface area contributed by atoms with Gasteiger partial charge in [-0.2, -0.15) is 18.3 Å². The molecule has 0 fully saturated rings. The molecule has 8 heteroatoms. The van der Waals surface area contributed by atoms with Gasteiger partial charge < -0.3 is 10.0 Å². The summed E-state index contributed by atoms with van der Waals surface area (Å²) in [6, 6.07) is -0.525. The van der Waals surface area contributed by atoms with Crippen LogP contribution in [-0.4, -0.2) is 44.9 Å². The second-order valence-corrected chi connectivity index (χ2v) is 5.92. The Bertz CT molecular complexity index is 516. The first-order chi connectivity index (χ1) is 9.34. The number of aromatic nitrogens is 2. The van der Waals surface area contributed by atoms with Crippen molar-refractivity contribution in [2.24, 2.45) is 0 Å². The molecule has 1 heterocycles. The third-order valence-electron chi connectivity index (χ3n) is 2.75. The van der Waals surface area contributed by atoms with E-state index in [0.29, 0.717) is 0 Å². The minimum atomic E-state index is -4.68. The minimum absolute atomic E-state index is 0.0873. The quantitative estimate of drug-likeness (QED) is 0.929. The smallest absolute Gasteiger partial charge is 0.389 e. The standard InChI is InChI=1S/C13H20F3N3O2/c1-8(2)19-10(13(14,15)16)9(6-17-19)11(20)18(5)7-12(3,4)21/h6,8,21H,7H2,1-5H3. The van der Waals surface area contributed by atoms with Crippen molar-refractivity contribution in [1.82, 2.24) is 14.7 Å². The van der Waals surface area contributed by atoms with Gasteiger partial charge in [0.25, 0.3) is 5.91 Å². The third kappa shape index (κ3) is 4.20. The Hall–Kier alpha value is -1.57. The summed E-state index contributed by atoms with van der Waals surface area (Å²) in [7, 11) is 1.34. The van der Waals surface area contributed by atoms with Crippen molar-refractivity contribution in [2.75, 3.05) is 13.6 Å². The van der Waals surface area contributed by atoms with Crippen molar-refractivity contribution in [3.05, 3.63) is 17.5 Å². The van der Waals surface area contributed by atoms with E-state index in [9.17, 15) is 23.1 Å². The fraction of sp³-hybridized carbons (Fsp3) is 0.692. The van der Waals surface area contributed by atoms with Crippen LogP contribution in [0.1, 0.15) is 49.8 Å². The van der Waals surface area contributed by atoms with Crippen LogP contribution < -0.4 is 0 Å². The van der Waals surface area contributed by atoms with Gasteiger partial charge >= 0.3 is 6.18 Å². The number of nitrogens with zero attached hydrogens (tertiary/aromatic N) is 3. The maximum absolute atomic E-state index is 13.2. The average molecular weight is 307 g/mol. The lowest BCUT2D eigenvalue weighted by molar-refractivity contribution is -0.145. The lowest BCUT2D eigenvalue weighted by atomic mass is 10.1. The lowest BCUT2D eigenvalue weighted by Gasteiger charge is -2.26. The first-order valence-corrected chi connectivity index (χ1v) is 6.47. The van der Waals surface area contributed by atoms with E-state index in [0.717, 1.165) is 15.8 Å². The Labute approximate surface area is 121 Å². The molecule has 0 saturated heterocycles. The first kappa shape index (κ1) is 17.5. The van der Waals surface area contributed by atoms with Crippen LogP contribution in [0.15, 0.2) is 6.20 Å². The number of amides is 1. The molecule has 0 saturated carbocycles. The molecule has 1 aromatic rings. The molecule has 0 aliphatic heterocycles. The molecule has 21 heavy (non-hydrogen) atoms. The van der Waals surface area contributed by atoms with Gasteiger partial charge in [-0.05, 0) is 27.7 Å². The molecule has 1 N–H and O–H groups in total. The summed E-state index contributed by atoms with van der Waals surface area (Å²) in [5, 5.41) is 13.3. The Morgan fingerprint density at radius 3 is 2.33 bits per heavy atom. The normalized spacial score (nSPS) is 12.9. The predicted molar refractivity (Wildman–Crippen MR) is 70.9 cm³/mol. The van der Waals surface area contributed by atoms with Crippen LogP contribution >= 0.6 is 0 Å². The molecule has 0 aromatic carbocycles. The number of halogens is 3. The molecule has 1 amide bonds. The van der Waals surface area contributed by atoms with Crippen molar-refractivity contribution < 1.29 is 23.1 Å². The molecule has 1 aromatic heterocycles. The summed E-state index contributed by atoms with van der Waals surface area (Å²) in [4.78, 5) is 13.2. The summed E-state index contributed by atoms with van der Waals surface area (Å²) in [5.74, 6) is -0.823. The number of aliphatic hydroxyl groups is 1. The highest BCUT2D eigenvalue weighted by Crippen LogP contribution is 2.34. The first-order valence-electron chi connectivity index (χ1n) is 6.47. The molecule has 0 aliphatic rings. The fourth-order valence-electron chi connectivity index (χ4n) is 2.05. The summed E-state index contributed by atoms with van der Waals surface area (Å²) >= 11 is 0. The molecular weight excluding hydrogens is 287 g/mol. The van der Waals surface area contributed by atoms with Gasteiger partial charge in [-0.15, -0.1) is 0 Å². The number of carbonyl (C=O) groups excluding carboxylic acids is 1. The van der Waals surface area contributed by atoms with Gasteiger partial charge in [-0.3, -0.25) is 9.48 Å². The highest BCUT2D eigenvalue weighted by Gasteiger charge is 2.41. The maximum Gasteiger partial charge on any atom is 0.433 e. The zero-order valence-corrected chi connectivity index (χ0v) is 12.7. The van der Waals surface area contributed by atoms with Crippen LogP contribution in [0.4, 0.5) is 13.2 Å². The predicted octanol–water partition coefficient (Wildman–Crippen LogP) is 2.33. The van der Waals surface area contributed by atoms with E-state index in [4.69, 9.17) is 0 Å². The van der Waals surface area contributed by atoms with Crippen LogP contribution in [0.2, 0.25) is 0 Å². The Balaban J connectivity index is 3.22. The fourth-order valence-corrected chi connectivity index (χ4v) is 2.05. The zero-order chi connectivity index (χ0) is 16.6.